The smallest absolute Gasteiger partial charge is 0.251 e. The molecule has 0 aliphatic heterocycles. The number of carbonyl (C=O) groups excluding carboxylic acids is 2. The molecule has 2 amide bonds. The largest absolute Gasteiger partial charge is 0.348 e. The molecule has 0 saturated carbocycles. The zero-order valence-corrected chi connectivity index (χ0v) is 14.1. The van der Waals surface area contributed by atoms with Crippen molar-refractivity contribution >= 4 is 29.3 Å². The zero-order valence-electron chi connectivity index (χ0n) is 13.3. The summed E-state index contributed by atoms with van der Waals surface area (Å²) in [4.78, 5) is 23.2. The third kappa shape index (κ3) is 5.45. The summed E-state index contributed by atoms with van der Waals surface area (Å²) in [5, 5.41) is 5.62. The van der Waals surface area contributed by atoms with Gasteiger partial charge in [-0.1, -0.05) is 24.3 Å². The SMILES string of the molecule is CSCc1cccc(C(=O)NCc2ccc(NC(C)=O)cc2)c1. The molecule has 0 atom stereocenters. The molecule has 2 N–H and O–H groups in total. The number of thioether (sulfide) groups is 1. The van der Waals surface area contributed by atoms with Crippen LogP contribution in [0.5, 0.6) is 0 Å². The molecule has 0 unspecified atom stereocenters. The van der Waals surface area contributed by atoms with E-state index < -0.39 is 0 Å². The Balaban J connectivity index is 1.93. The van der Waals surface area contributed by atoms with Gasteiger partial charge < -0.3 is 10.6 Å². The van der Waals surface area contributed by atoms with Crippen LogP contribution in [0.1, 0.15) is 28.4 Å². The topological polar surface area (TPSA) is 58.2 Å². The molecular weight excluding hydrogens is 308 g/mol. The lowest BCUT2D eigenvalue weighted by Crippen LogP contribution is -2.22. The Morgan fingerprint density at radius 1 is 1.04 bits per heavy atom. The molecule has 2 rings (SSSR count). The van der Waals surface area contributed by atoms with E-state index >= 15 is 0 Å². The number of hydrogen-bond donors (Lipinski definition) is 2. The van der Waals surface area contributed by atoms with E-state index in [9.17, 15) is 9.59 Å². The van der Waals surface area contributed by atoms with Crippen molar-refractivity contribution in [3.8, 4) is 0 Å². The van der Waals surface area contributed by atoms with Gasteiger partial charge in [-0.15, -0.1) is 0 Å². The van der Waals surface area contributed by atoms with Crippen molar-refractivity contribution < 1.29 is 9.59 Å². The van der Waals surface area contributed by atoms with E-state index in [-0.39, 0.29) is 11.8 Å². The summed E-state index contributed by atoms with van der Waals surface area (Å²) in [5.74, 6) is 0.709. The Labute approximate surface area is 140 Å². The average molecular weight is 328 g/mol. The molecule has 0 bridgehead atoms. The van der Waals surface area contributed by atoms with Gasteiger partial charge in [-0.05, 0) is 41.6 Å². The highest BCUT2D eigenvalue weighted by atomic mass is 32.2. The molecular formula is C18H20N2O2S. The maximum atomic E-state index is 12.2. The van der Waals surface area contributed by atoms with Crippen LogP contribution in [0, 0.1) is 0 Å². The fraction of sp³-hybridized carbons (Fsp3) is 0.222. The van der Waals surface area contributed by atoms with Gasteiger partial charge in [-0.2, -0.15) is 11.8 Å². The number of benzene rings is 2. The minimum atomic E-state index is -0.101. The van der Waals surface area contributed by atoms with Gasteiger partial charge >= 0.3 is 0 Å². The highest BCUT2D eigenvalue weighted by Crippen LogP contribution is 2.12. The van der Waals surface area contributed by atoms with Gasteiger partial charge in [-0.25, -0.2) is 0 Å². The lowest BCUT2D eigenvalue weighted by molar-refractivity contribution is -0.114. The Bertz CT molecular complexity index is 684. The second-order valence-electron chi connectivity index (χ2n) is 5.19. The zero-order chi connectivity index (χ0) is 16.7. The van der Waals surface area contributed by atoms with E-state index in [0.717, 1.165) is 22.6 Å². The first-order valence-electron chi connectivity index (χ1n) is 7.31. The normalized spacial score (nSPS) is 10.2. The predicted octanol–water partition coefficient (Wildman–Crippen LogP) is 3.44. The molecule has 120 valence electrons. The average Bonchev–Trinajstić information content (AvgIpc) is 2.54. The van der Waals surface area contributed by atoms with Crippen LogP contribution in [0.3, 0.4) is 0 Å². The van der Waals surface area contributed by atoms with Crippen molar-refractivity contribution in [3.05, 3.63) is 65.2 Å². The third-order valence-electron chi connectivity index (χ3n) is 3.23. The number of amides is 2. The molecule has 0 aliphatic carbocycles. The molecule has 2 aromatic rings. The first-order chi connectivity index (χ1) is 11.1. The monoisotopic (exact) mass is 328 g/mol. The Hall–Kier alpha value is -2.27. The summed E-state index contributed by atoms with van der Waals surface area (Å²) in [6, 6.07) is 15.1. The van der Waals surface area contributed by atoms with Crippen LogP contribution < -0.4 is 10.6 Å². The molecule has 0 aliphatic rings. The third-order valence-corrected chi connectivity index (χ3v) is 3.85. The van der Waals surface area contributed by atoms with Crippen LogP contribution >= 0.6 is 11.8 Å². The summed E-state index contributed by atoms with van der Waals surface area (Å²) in [7, 11) is 0. The minimum absolute atomic E-state index is 0.0844. The van der Waals surface area contributed by atoms with E-state index in [2.05, 4.69) is 10.6 Å². The van der Waals surface area contributed by atoms with Gasteiger partial charge in [0.1, 0.15) is 0 Å². The predicted molar refractivity (Wildman–Crippen MR) is 95.6 cm³/mol. The van der Waals surface area contributed by atoms with Crippen molar-refractivity contribution in [2.75, 3.05) is 11.6 Å². The van der Waals surface area contributed by atoms with Crippen LogP contribution in [-0.4, -0.2) is 18.1 Å². The van der Waals surface area contributed by atoms with E-state index in [4.69, 9.17) is 0 Å². The maximum Gasteiger partial charge on any atom is 0.251 e. The summed E-state index contributed by atoms with van der Waals surface area (Å²) < 4.78 is 0. The van der Waals surface area contributed by atoms with Crippen molar-refractivity contribution in [1.29, 1.82) is 0 Å². The van der Waals surface area contributed by atoms with Gasteiger partial charge in [0.2, 0.25) is 5.91 Å². The van der Waals surface area contributed by atoms with E-state index in [0.29, 0.717) is 12.1 Å². The second kappa shape index (κ2) is 8.39. The molecule has 0 heterocycles. The molecule has 0 radical (unpaired) electrons. The highest BCUT2D eigenvalue weighted by molar-refractivity contribution is 7.97. The maximum absolute atomic E-state index is 12.2. The molecule has 23 heavy (non-hydrogen) atoms. The van der Waals surface area contributed by atoms with Crippen molar-refractivity contribution in [2.45, 2.75) is 19.2 Å². The van der Waals surface area contributed by atoms with Gasteiger partial charge in [0.25, 0.3) is 5.91 Å². The highest BCUT2D eigenvalue weighted by Gasteiger charge is 2.06. The number of rotatable bonds is 6. The standard InChI is InChI=1S/C18H20N2O2S/c1-13(21)20-17-8-6-14(7-9-17)11-19-18(22)16-5-3-4-15(10-16)12-23-2/h3-10H,11-12H2,1-2H3,(H,19,22)(H,20,21). The number of hydrogen-bond acceptors (Lipinski definition) is 3. The Kier molecular flexibility index (Phi) is 6.23. The van der Waals surface area contributed by atoms with Crippen LogP contribution in [0.25, 0.3) is 0 Å². The number of anilines is 1. The van der Waals surface area contributed by atoms with Crippen LogP contribution in [-0.2, 0) is 17.1 Å². The summed E-state index contributed by atoms with van der Waals surface area (Å²) in [5.41, 5.74) is 3.54. The summed E-state index contributed by atoms with van der Waals surface area (Å²) >= 11 is 1.73. The number of nitrogens with one attached hydrogen (secondary N) is 2. The van der Waals surface area contributed by atoms with E-state index in [1.54, 1.807) is 11.8 Å². The van der Waals surface area contributed by atoms with Gasteiger partial charge in [0.05, 0.1) is 0 Å². The fourth-order valence-corrected chi connectivity index (χ4v) is 2.68. The Morgan fingerprint density at radius 3 is 2.43 bits per heavy atom. The molecule has 0 spiro atoms. The Morgan fingerprint density at radius 2 is 1.78 bits per heavy atom. The first kappa shape index (κ1) is 17.1. The quantitative estimate of drug-likeness (QED) is 0.854. The van der Waals surface area contributed by atoms with Gasteiger partial charge in [0.15, 0.2) is 0 Å². The summed E-state index contributed by atoms with van der Waals surface area (Å²) in [6.07, 6.45) is 2.04. The summed E-state index contributed by atoms with van der Waals surface area (Å²) in [6.45, 7) is 1.92. The van der Waals surface area contributed by atoms with E-state index in [1.165, 1.54) is 6.92 Å². The first-order valence-corrected chi connectivity index (χ1v) is 8.70. The van der Waals surface area contributed by atoms with E-state index in [1.807, 2.05) is 54.8 Å². The van der Waals surface area contributed by atoms with Crippen LogP contribution in [0.2, 0.25) is 0 Å². The molecule has 5 heteroatoms. The molecule has 0 aromatic heterocycles. The van der Waals surface area contributed by atoms with Gasteiger partial charge in [0, 0.05) is 30.5 Å². The fourth-order valence-electron chi connectivity index (χ4n) is 2.16. The molecule has 0 fully saturated rings. The van der Waals surface area contributed by atoms with Crippen molar-refractivity contribution in [2.24, 2.45) is 0 Å². The van der Waals surface area contributed by atoms with Gasteiger partial charge in [-0.3, -0.25) is 9.59 Å². The van der Waals surface area contributed by atoms with Crippen LogP contribution in [0.4, 0.5) is 5.69 Å². The second-order valence-corrected chi connectivity index (χ2v) is 6.06. The lowest BCUT2D eigenvalue weighted by Gasteiger charge is -2.08. The molecule has 2 aromatic carbocycles. The van der Waals surface area contributed by atoms with Crippen LogP contribution in [0.15, 0.2) is 48.5 Å². The molecule has 4 nitrogen and oxygen atoms in total. The number of carbonyl (C=O) groups is 2. The molecule has 0 saturated heterocycles. The minimum Gasteiger partial charge on any atom is -0.348 e. The van der Waals surface area contributed by atoms with Crippen molar-refractivity contribution in [1.82, 2.24) is 5.32 Å². The van der Waals surface area contributed by atoms with Crippen molar-refractivity contribution in [3.63, 3.8) is 0 Å². The lowest BCUT2D eigenvalue weighted by atomic mass is 10.1.